The van der Waals surface area contributed by atoms with Crippen molar-refractivity contribution >= 4 is 30.0 Å². The Balaban J connectivity index is 0.00000306. The number of aliphatic carboxylic acids is 1. The van der Waals surface area contributed by atoms with E-state index >= 15 is 0 Å². The van der Waals surface area contributed by atoms with Gasteiger partial charge in [-0.2, -0.15) is 4.74 Å². The fourth-order valence-electron chi connectivity index (χ4n) is 3.65. The number of carboxylic acids is 1. The van der Waals surface area contributed by atoms with Gasteiger partial charge < -0.3 is 19.1 Å². The highest BCUT2D eigenvalue weighted by Gasteiger charge is 2.38. The van der Waals surface area contributed by atoms with Crippen LogP contribution in [0.15, 0.2) is 70.0 Å². The number of aromatic nitrogens is 1. The van der Waals surface area contributed by atoms with Crippen LogP contribution in [0.3, 0.4) is 0 Å². The molecule has 0 amide bonds. The second kappa shape index (κ2) is 11.4. The van der Waals surface area contributed by atoms with Crippen molar-refractivity contribution in [3.63, 3.8) is 0 Å². The second-order valence-electron chi connectivity index (χ2n) is 7.40. The highest BCUT2D eigenvalue weighted by molar-refractivity contribution is 6.32. The van der Waals surface area contributed by atoms with Crippen molar-refractivity contribution < 1.29 is 23.9 Å². The van der Waals surface area contributed by atoms with E-state index in [0.717, 1.165) is 4.74 Å². The maximum atomic E-state index is 12.9. The minimum absolute atomic E-state index is 0. The summed E-state index contributed by atoms with van der Waals surface area (Å²) in [6.07, 6.45) is -0.920. The largest absolute Gasteiger partial charge is 0.486 e. The zero-order valence-corrected chi connectivity index (χ0v) is 19.2. The molecular weight excluding hydrogens is 471 g/mol. The van der Waals surface area contributed by atoms with Crippen LogP contribution in [0.1, 0.15) is 6.04 Å². The van der Waals surface area contributed by atoms with E-state index in [1.165, 1.54) is 0 Å². The lowest BCUT2D eigenvalue weighted by atomic mass is 10.1. The van der Waals surface area contributed by atoms with Gasteiger partial charge >= 0.3 is 11.5 Å². The third kappa shape index (κ3) is 5.78. The first kappa shape index (κ1) is 24.9. The van der Waals surface area contributed by atoms with E-state index in [-0.39, 0.29) is 29.7 Å². The van der Waals surface area contributed by atoms with Gasteiger partial charge in [-0.1, -0.05) is 60.1 Å². The van der Waals surface area contributed by atoms with E-state index in [9.17, 15) is 14.7 Å². The Bertz CT molecular complexity index is 1100. The zero-order chi connectivity index (χ0) is 22.5. The number of hydrogen-bond acceptors (Lipinski definition) is 6. The molecule has 1 aromatic heterocycles. The molecule has 1 saturated heterocycles. The van der Waals surface area contributed by atoms with Crippen LogP contribution in [0.25, 0.3) is 11.3 Å². The SMILES string of the molecule is Cl.O=C(O)C(C(CN1CCOCC1)Oc1ccccc1)n1oc(-c2ccccc2)c(Cl)c1=O. The number of hydrogen-bond donors (Lipinski definition) is 1. The molecule has 2 atom stereocenters. The highest BCUT2D eigenvalue weighted by Crippen LogP contribution is 2.29. The number of nitrogens with zero attached hydrogens (tertiary/aromatic N) is 2. The van der Waals surface area contributed by atoms with Crippen molar-refractivity contribution in [2.45, 2.75) is 12.1 Å². The summed E-state index contributed by atoms with van der Waals surface area (Å²) in [6.45, 7) is 2.61. The number of halogens is 2. The molecule has 0 aliphatic carbocycles. The minimum atomic E-state index is -1.43. The Labute approximate surface area is 201 Å². The standard InChI is InChI=1S/C23H23ClN2O6.ClH/c24-19-21(16-7-3-1-4-8-16)32-26(22(19)27)20(23(28)29)18(15-25-11-13-30-14-12-25)31-17-9-5-2-6-10-17;/h1-10,18,20H,11-15H2,(H,28,29);1H. The third-order valence-electron chi connectivity index (χ3n) is 5.24. The topological polar surface area (TPSA) is 94.1 Å². The summed E-state index contributed by atoms with van der Waals surface area (Å²) < 4.78 is 18.0. The minimum Gasteiger partial charge on any atom is -0.486 e. The summed E-state index contributed by atoms with van der Waals surface area (Å²) in [6, 6.07) is 16.3. The first-order valence-electron chi connectivity index (χ1n) is 10.3. The van der Waals surface area contributed by atoms with Gasteiger partial charge in [0.15, 0.2) is 10.8 Å². The summed E-state index contributed by atoms with van der Waals surface area (Å²) in [7, 11) is 0. The Hall–Kier alpha value is -2.78. The van der Waals surface area contributed by atoms with E-state index in [2.05, 4.69) is 0 Å². The number of benzene rings is 2. The molecule has 2 unspecified atom stereocenters. The Morgan fingerprint density at radius 2 is 1.67 bits per heavy atom. The van der Waals surface area contributed by atoms with Crippen LogP contribution in [0.5, 0.6) is 5.75 Å². The molecule has 2 heterocycles. The molecule has 0 saturated carbocycles. The molecular formula is C23H24Cl2N2O6. The van der Waals surface area contributed by atoms with Gasteiger partial charge in [-0.15, -0.1) is 12.4 Å². The summed E-state index contributed by atoms with van der Waals surface area (Å²) in [5.74, 6) is -0.648. The van der Waals surface area contributed by atoms with E-state index in [1.54, 1.807) is 48.5 Å². The van der Waals surface area contributed by atoms with Gasteiger partial charge in [0.25, 0.3) is 0 Å². The van der Waals surface area contributed by atoms with E-state index in [4.69, 9.17) is 25.6 Å². The molecule has 1 N–H and O–H groups in total. The molecule has 3 aromatic rings. The normalized spacial score (nSPS) is 15.9. The number of para-hydroxylation sites is 1. The first-order valence-corrected chi connectivity index (χ1v) is 10.6. The molecule has 1 fully saturated rings. The van der Waals surface area contributed by atoms with Gasteiger partial charge in [0.05, 0.1) is 13.2 Å². The second-order valence-corrected chi connectivity index (χ2v) is 7.77. The van der Waals surface area contributed by atoms with Crippen molar-refractivity contribution in [1.82, 2.24) is 9.64 Å². The van der Waals surface area contributed by atoms with Gasteiger partial charge in [-0.05, 0) is 12.1 Å². The molecule has 10 heteroatoms. The van der Waals surface area contributed by atoms with Gasteiger partial charge in [-0.3, -0.25) is 9.69 Å². The van der Waals surface area contributed by atoms with E-state index in [1.807, 2.05) is 17.0 Å². The summed E-state index contributed by atoms with van der Waals surface area (Å²) >= 11 is 6.27. The van der Waals surface area contributed by atoms with Crippen molar-refractivity contribution in [3.05, 3.63) is 76.0 Å². The molecule has 0 bridgehead atoms. The van der Waals surface area contributed by atoms with Crippen molar-refractivity contribution in [1.29, 1.82) is 0 Å². The molecule has 1 aliphatic rings. The van der Waals surface area contributed by atoms with Crippen LogP contribution in [0, 0.1) is 0 Å². The molecule has 0 radical (unpaired) electrons. The zero-order valence-electron chi connectivity index (χ0n) is 17.6. The Morgan fingerprint density at radius 1 is 1.06 bits per heavy atom. The Kier molecular flexibility index (Phi) is 8.57. The van der Waals surface area contributed by atoms with Crippen LogP contribution >= 0.6 is 24.0 Å². The summed E-state index contributed by atoms with van der Waals surface area (Å²) in [4.78, 5) is 27.4. The smallest absolute Gasteiger partial charge is 0.334 e. The van der Waals surface area contributed by atoms with Gasteiger partial charge in [0.1, 0.15) is 11.9 Å². The van der Waals surface area contributed by atoms with Crippen LogP contribution in [-0.4, -0.2) is 59.7 Å². The molecule has 1 aliphatic heterocycles. The highest BCUT2D eigenvalue weighted by atomic mass is 35.5. The van der Waals surface area contributed by atoms with Gasteiger partial charge in [0.2, 0.25) is 6.04 Å². The van der Waals surface area contributed by atoms with E-state index in [0.29, 0.717) is 37.6 Å². The predicted octanol–water partition coefficient (Wildman–Crippen LogP) is 3.59. The molecule has 8 nitrogen and oxygen atoms in total. The van der Waals surface area contributed by atoms with Crippen LogP contribution in [0.4, 0.5) is 0 Å². The quantitative estimate of drug-likeness (QED) is 0.511. The van der Waals surface area contributed by atoms with Crippen molar-refractivity contribution in [2.24, 2.45) is 0 Å². The van der Waals surface area contributed by atoms with Crippen LogP contribution in [-0.2, 0) is 9.53 Å². The maximum absolute atomic E-state index is 12.9. The summed E-state index contributed by atoms with van der Waals surface area (Å²) in [5, 5.41) is 9.94. The number of carbonyl (C=O) groups is 1. The van der Waals surface area contributed by atoms with Crippen LogP contribution < -0.4 is 10.3 Å². The molecule has 33 heavy (non-hydrogen) atoms. The first-order chi connectivity index (χ1) is 15.5. The van der Waals surface area contributed by atoms with Crippen LogP contribution in [0.2, 0.25) is 5.02 Å². The monoisotopic (exact) mass is 494 g/mol. The lowest BCUT2D eigenvalue weighted by Gasteiger charge is -2.32. The number of rotatable bonds is 8. The summed E-state index contributed by atoms with van der Waals surface area (Å²) in [5.41, 5.74) is -0.146. The molecule has 0 spiro atoms. The number of carboxylic acid groups (broad SMARTS) is 1. The average molecular weight is 495 g/mol. The Morgan fingerprint density at radius 3 is 2.27 bits per heavy atom. The van der Waals surface area contributed by atoms with Gasteiger partial charge in [0, 0.05) is 25.2 Å². The fraction of sp³-hybridized carbons (Fsp3) is 0.304. The van der Waals surface area contributed by atoms with Gasteiger partial charge in [-0.25, -0.2) is 4.79 Å². The van der Waals surface area contributed by atoms with E-state index < -0.39 is 23.7 Å². The fourth-order valence-corrected chi connectivity index (χ4v) is 3.88. The lowest BCUT2D eigenvalue weighted by Crippen LogP contribution is -2.48. The van der Waals surface area contributed by atoms with Crippen molar-refractivity contribution in [3.8, 4) is 17.1 Å². The average Bonchev–Trinajstić information content (AvgIpc) is 3.10. The predicted molar refractivity (Wildman–Crippen MR) is 125 cm³/mol. The third-order valence-corrected chi connectivity index (χ3v) is 5.58. The van der Waals surface area contributed by atoms with Crippen molar-refractivity contribution in [2.75, 3.05) is 32.8 Å². The molecule has 4 rings (SSSR count). The molecule has 2 aromatic carbocycles. The maximum Gasteiger partial charge on any atom is 0.334 e. The lowest BCUT2D eigenvalue weighted by molar-refractivity contribution is -0.147. The number of ether oxygens (including phenoxy) is 2. The molecule has 176 valence electrons. The number of morpholine rings is 1.